The van der Waals surface area contributed by atoms with Crippen molar-refractivity contribution in [3.05, 3.63) is 69.6 Å². The Morgan fingerprint density at radius 2 is 1.79 bits per heavy atom. The maximum Gasteiger partial charge on any atom is 0.106 e. The Bertz CT molecular complexity index is 732. The first kappa shape index (κ1) is 12.7. The second-order valence-electron chi connectivity index (χ2n) is 4.54. The Labute approximate surface area is 121 Å². The Kier molecular flexibility index (Phi) is 3.31. The second kappa shape index (κ2) is 4.97. The fourth-order valence-corrected chi connectivity index (χ4v) is 3.44. The van der Waals surface area contributed by atoms with E-state index in [1.807, 2.05) is 42.6 Å². The molecule has 1 N–H and O–H groups in total. The van der Waals surface area contributed by atoms with Crippen LogP contribution in [0.3, 0.4) is 0 Å². The van der Waals surface area contributed by atoms with Gasteiger partial charge in [-0.1, -0.05) is 41.9 Å². The average Bonchev–Trinajstić information content (AvgIpc) is 2.89. The molecule has 0 radical (unpaired) electrons. The van der Waals surface area contributed by atoms with Gasteiger partial charge in [-0.2, -0.15) is 0 Å². The van der Waals surface area contributed by atoms with E-state index in [9.17, 15) is 5.11 Å². The molecule has 0 saturated carbocycles. The van der Waals surface area contributed by atoms with Crippen molar-refractivity contribution in [3.8, 4) is 0 Å². The number of hydrogen-bond acceptors (Lipinski definition) is 2. The molecule has 1 unspecified atom stereocenters. The predicted molar refractivity (Wildman–Crippen MR) is 82.1 cm³/mol. The molecule has 0 aliphatic rings. The highest BCUT2D eigenvalue weighted by molar-refractivity contribution is 7.17. The standard InChI is InChI=1S/C16H13ClOS/c1-10-12(5-3-7-14(10)17)15(18)13-6-2-4-11-8-9-19-16(11)13/h2-9,15,18H,1H3. The van der Waals surface area contributed by atoms with Crippen molar-refractivity contribution in [3.63, 3.8) is 0 Å². The van der Waals surface area contributed by atoms with Crippen molar-refractivity contribution in [2.24, 2.45) is 0 Å². The van der Waals surface area contributed by atoms with E-state index in [1.54, 1.807) is 11.3 Å². The van der Waals surface area contributed by atoms with Crippen LogP contribution in [0.2, 0.25) is 5.02 Å². The average molecular weight is 289 g/mol. The summed E-state index contributed by atoms with van der Waals surface area (Å²) in [6.07, 6.45) is -0.638. The van der Waals surface area contributed by atoms with Gasteiger partial charge in [-0.3, -0.25) is 0 Å². The van der Waals surface area contributed by atoms with E-state index in [2.05, 4.69) is 12.1 Å². The van der Waals surface area contributed by atoms with Crippen LogP contribution in [-0.4, -0.2) is 5.11 Å². The number of hydrogen-bond donors (Lipinski definition) is 1. The smallest absolute Gasteiger partial charge is 0.106 e. The molecule has 3 heteroatoms. The highest BCUT2D eigenvalue weighted by Crippen LogP contribution is 2.34. The Balaban J connectivity index is 2.16. The van der Waals surface area contributed by atoms with Gasteiger partial charge in [0.25, 0.3) is 0 Å². The lowest BCUT2D eigenvalue weighted by Crippen LogP contribution is -2.02. The van der Waals surface area contributed by atoms with Crippen molar-refractivity contribution >= 4 is 33.0 Å². The molecule has 0 fully saturated rings. The molecule has 1 aromatic heterocycles. The summed E-state index contributed by atoms with van der Waals surface area (Å²) in [5.74, 6) is 0. The lowest BCUT2D eigenvalue weighted by Gasteiger charge is -2.15. The van der Waals surface area contributed by atoms with Crippen molar-refractivity contribution in [2.45, 2.75) is 13.0 Å². The van der Waals surface area contributed by atoms with E-state index in [0.29, 0.717) is 5.02 Å². The third-order valence-corrected chi connectivity index (χ3v) is 4.80. The molecular formula is C16H13ClOS. The zero-order valence-electron chi connectivity index (χ0n) is 10.4. The van der Waals surface area contributed by atoms with E-state index >= 15 is 0 Å². The van der Waals surface area contributed by atoms with E-state index in [4.69, 9.17) is 11.6 Å². The molecule has 0 aliphatic heterocycles. The highest BCUT2D eigenvalue weighted by atomic mass is 35.5. The van der Waals surface area contributed by atoms with Crippen molar-refractivity contribution in [1.82, 2.24) is 0 Å². The normalized spacial score (nSPS) is 12.8. The Hall–Kier alpha value is -1.35. The van der Waals surface area contributed by atoms with Crippen LogP contribution < -0.4 is 0 Å². The highest BCUT2D eigenvalue weighted by Gasteiger charge is 2.17. The molecule has 0 amide bonds. The van der Waals surface area contributed by atoms with Crippen LogP contribution in [0.4, 0.5) is 0 Å². The van der Waals surface area contributed by atoms with Gasteiger partial charge in [-0.05, 0) is 40.9 Å². The predicted octanol–water partition coefficient (Wildman–Crippen LogP) is 4.94. The van der Waals surface area contributed by atoms with Gasteiger partial charge < -0.3 is 5.11 Å². The molecule has 0 spiro atoms. The first-order chi connectivity index (χ1) is 9.18. The summed E-state index contributed by atoms with van der Waals surface area (Å²) in [4.78, 5) is 0. The van der Waals surface area contributed by atoms with E-state index in [0.717, 1.165) is 21.4 Å². The lowest BCUT2D eigenvalue weighted by molar-refractivity contribution is 0.221. The van der Waals surface area contributed by atoms with Crippen LogP contribution in [0.15, 0.2) is 47.8 Å². The van der Waals surface area contributed by atoms with E-state index < -0.39 is 6.10 Å². The molecule has 1 heterocycles. The molecule has 0 bridgehead atoms. The second-order valence-corrected chi connectivity index (χ2v) is 5.87. The van der Waals surface area contributed by atoms with E-state index in [-0.39, 0.29) is 0 Å². The number of thiophene rings is 1. The largest absolute Gasteiger partial charge is 0.384 e. The number of aliphatic hydroxyl groups excluding tert-OH is 1. The molecular weight excluding hydrogens is 276 g/mol. The maximum absolute atomic E-state index is 10.7. The number of halogens is 1. The van der Waals surface area contributed by atoms with Crippen LogP contribution in [0.1, 0.15) is 22.8 Å². The van der Waals surface area contributed by atoms with Crippen LogP contribution in [-0.2, 0) is 0 Å². The summed E-state index contributed by atoms with van der Waals surface area (Å²) in [6.45, 7) is 1.94. The van der Waals surface area contributed by atoms with Crippen molar-refractivity contribution in [2.75, 3.05) is 0 Å². The van der Waals surface area contributed by atoms with Gasteiger partial charge in [-0.15, -0.1) is 11.3 Å². The summed E-state index contributed by atoms with van der Waals surface area (Å²) < 4.78 is 1.13. The van der Waals surface area contributed by atoms with Gasteiger partial charge in [0.05, 0.1) is 0 Å². The zero-order chi connectivity index (χ0) is 13.4. The zero-order valence-corrected chi connectivity index (χ0v) is 12.0. The van der Waals surface area contributed by atoms with Crippen LogP contribution in [0, 0.1) is 6.92 Å². The summed E-state index contributed by atoms with van der Waals surface area (Å²) in [5, 5.41) is 14.6. The molecule has 2 aromatic carbocycles. The summed E-state index contributed by atoms with van der Waals surface area (Å²) in [6, 6.07) is 13.7. The Morgan fingerprint density at radius 3 is 2.63 bits per heavy atom. The fourth-order valence-electron chi connectivity index (χ4n) is 2.32. The molecule has 3 rings (SSSR count). The van der Waals surface area contributed by atoms with Gasteiger partial charge in [-0.25, -0.2) is 0 Å². The van der Waals surface area contributed by atoms with Crippen LogP contribution >= 0.6 is 22.9 Å². The van der Waals surface area contributed by atoms with Crippen LogP contribution in [0.5, 0.6) is 0 Å². The third-order valence-electron chi connectivity index (χ3n) is 3.41. The van der Waals surface area contributed by atoms with E-state index in [1.165, 1.54) is 5.39 Å². The quantitative estimate of drug-likeness (QED) is 0.708. The number of aliphatic hydroxyl groups is 1. The SMILES string of the molecule is Cc1c(Cl)cccc1C(O)c1cccc2ccsc12. The van der Waals surface area contributed by atoms with Gasteiger partial charge in [0.15, 0.2) is 0 Å². The molecule has 19 heavy (non-hydrogen) atoms. The van der Waals surface area contributed by atoms with Crippen molar-refractivity contribution in [1.29, 1.82) is 0 Å². The summed E-state index contributed by atoms with van der Waals surface area (Å²) in [7, 11) is 0. The Morgan fingerprint density at radius 1 is 1.05 bits per heavy atom. The number of fused-ring (bicyclic) bond motifs is 1. The third kappa shape index (κ3) is 2.16. The van der Waals surface area contributed by atoms with Crippen molar-refractivity contribution < 1.29 is 5.11 Å². The molecule has 96 valence electrons. The minimum atomic E-state index is -0.638. The first-order valence-electron chi connectivity index (χ1n) is 6.07. The minimum absolute atomic E-state index is 0.638. The molecule has 0 saturated heterocycles. The molecule has 1 atom stereocenters. The molecule has 3 aromatic rings. The van der Waals surface area contributed by atoms with Crippen LogP contribution in [0.25, 0.3) is 10.1 Å². The first-order valence-corrected chi connectivity index (χ1v) is 7.33. The minimum Gasteiger partial charge on any atom is -0.384 e. The van der Waals surface area contributed by atoms with Gasteiger partial charge >= 0.3 is 0 Å². The van der Waals surface area contributed by atoms with Gasteiger partial charge in [0.2, 0.25) is 0 Å². The number of benzene rings is 2. The van der Waals surface area contributed by atoms with Gasteiger partial charge in [0.1, 0.15) is 6.10 Å². The molecule has 1 nitrogen and oxygen atoms in total. The van der Waals surface area contributed by atoms with Gasteiger partial charge in [0, 0.05) is 15.3 Å². The monoisotopic (exact) mass is 288 g/mol. The lowest BCUT2D eigenvalue weighted by atomic mass is 9.97. The summed E-state index contributed by atoms with van der Waals surface area (Å²) in [5.41, 5.74) is 2.75. The molecule has 0 aliphatic carbocycles. The topological polar surface area (TPSA) is 20.2 Å². The summed E-state index contributed by atoms with van der Waals surface area (Å²) >= 11 is 7.79. The fraction of sp³-hybridized carbons (Fsp3) is 0.125. The number of rotatable bonds is 2. The maximum atomic E-state index is 10.7.